The number of H-pyrrole nitrogens is 1. The topological polar surface area (TPSA) is 78.0 Å². The summed E-state index contributed by atoms with van der Waals surface area (Å²) >= 11 is 0. The van der Waals surface area contributed by atoms with Gasteiger partial charge in [0.15, 0.2) is 0 Å². The van der Waals surface area contributed by atoms with Crippen LogP contribution in [-0.4, -0.2) is 21.2 Å². The smallest absolute Gasteiger partial charge is 0.220 e. The van der Waals surface area contributed by atoms with Crippen molar-refractivity contribution in [2.75, 3.05) is 0 Å². The van der Waals surface area contributed by atoms with Gasteiger partial charge in [-0.1, -0.05) is 18.2 Å². The number of aromatic nitrogens is 2. The number of rotatable bonds is 5. The lowest BCUT2D eigenvalue weighted by Crippen LogP contribution is -2.26. The first kappa shape index (κ1) is 13.1. The minimum Gasteiger partial charge on any atom is -0.508 e. The summed E-state index contributed by atoms with van der Waals surface area (Å²) in [6.45, 7) is 1.91. The summed E-state index contributed by atoms with van der Waals surface area (Å²) in [6.07, 6.45) is 4.32. The molecule has 1 atom stereocenters. The highest BCUT2D eigenvalue weighted by atomic mass is 16.3. The van der Waals surface area contributed by atoms with E-state index in [9.17, 15) is 9.90 Å². The molecular weight excluding hydrogens is 242 g/mol. The molecule has 0 aliphatic carbocycles. The molecule has 2 rings (SSSR count). The van der Waals surface area contributed by atoms with Gasteiger partial charge in [0.1, 0.15) is 5.75 Å². The molecule has 0 spiro atoms. The van der Waals surface area contributed by atoms with Crippen LogP contribution in [-0.2, 0) is 11.2 Å². The fourth-order valence-electron chi connectivity index (χ4n) is 1.87. The SMILES string of the molecule is CC(NC(=O)CCc1ccccc1O)c1cn[nH]c1. The molecule has 1 amide bonds. The molecule has 1 aromatic heterocycles. The zero-order valence-electron chi connectivity index (χ0n) is 10.8. The van der Waals surface area contributed by atoms with Crippen LogP contribution in [0.2, 0.25) is 0 Å². The number of nitrogens with one attached hydrogen (secondary N) is 2. The predicted molar refractivity (Wildman–Crippen MR) is 71.6 cm³/mol. The van der Waals surface area contributed by atoms with Crippen LogP contribution in [0.25, 0.3) is 0 Å². The second kappa shape index (κ2) is 6.04. The van der Waals surface area contributed by atoms with E-state index in [0.29, 0.717) is 12.8 Å². The van der Waals surface area contributed by atoms with Gasteiger partial charge in [0, 0.05) is 18.2 Å². The highest BCUT2D eigenvalue weighted by molar-refractivity contribution is 5.76. The first-order chi connectivity index (χ1) is 9.16. The third-order valence-corrected chi connectivity index (χ3v) is 3.01. The Morgan fingerprint density at radius 3 is 2.95 bits per heavy atom. The number of hydrogen-bond acceptors (Lipinski definition) is 3. The highest BCUT2D eigenvalue weighted by Crippen LogP contribution is 2.17. The maximum atomic E-state index is 11.8. The number of phenols is 1. The number of carbonyl (C=O) groups is 1. The fraction of sp³-hybridized carbons (Fsp3) is 0.286. The van der Waals surface area contributed by atoms with Crippen molar-refractivity contribution in [3.63, 3.8) is 0 Å². The van der Waals surface area contributed by atoms with Crippen molar-refractivity contribution < 1.29 is 9.90 Å². The van der Waals surface area contributed by atoms with E-state index in [-0.39, 0.29) is 17.7 Å². The second-order valence-corrected chi connectivity index (χ2v) is 4.45. The molecule has 5 heteroatoms. The number of amides is 1. The second-order valence-electron chi connectivity index (χ2n) is 4.45. The van der Waals surface area contributed by atoms with Crippen LogP contribution in [0, 0.1) is 0 Å². The number of para-hydroxylation sites is 1. The Bertz CT molecular complexity index is 537. The van der Waals surface area contributed by atoms with E-state index in [1.54, 1.807) is 24.5 Å². The van der Waals surface area contributed by atoms with Crippen molar-refractivity contribution in [1.29, 1.82) is 0 Å². The Balaban J connectivity index is 1.84. The molecule has 1 unspecified atom stereocenters. The van der Waals surface area contributed by atoms with Crippen LogP contribution in [0.15, 0.2) is 36.7 Å². The van der Waals surface area contributed by atoms with Gasteiger partial charge in [0.05, 0.1) is 12.2 Å². The zero-order chi connectivity index (χ0) is 13.7. The summed E-state index contributed by atoms with van der Waals surface area (Å²) in [7, 11) is 0. The monoisotopic (exact) mass is 259 g/mol. The number of benzene rings is 1. The number of carbonyl (C=O) groups excluding carboxylic acids is 1. The first-order valence-corrected chi connectivity index (χ1v) is 6.21. The first-order valence-electron chi connectivity index (χ1n) is 6.21. The predicted octanol–water partition coefficient (Wildman–Crippen LogP) is 1.93. The maximum Gasteiger partial charge on any atom is 0.220 e. The third-order valence-electron chi connectivity index (χ3n) is 3.01. The van der Waals surface area contributed by atoms with Crippen molar-refractivity contribution in [3.8, 4) is 5.75 Å². The zero-order valence-corrected chi connectivity index (χ0v) is 10.8. The van der Waals surface area contributed by atoms with Gasteiger partial charge in [0.2, 0.25) is 5.91 Å². The molecule has 0 saturated heterocycles. The Morgan fingerprint density at radius 2 is 2.26 bits per heavy atom. The van der Waals surface area contributed by atoms with Crippen molar-refractivity contribution in [2.45, 2.75) is 25.8 Å². The van der Waals surface area contributed by atoms with Crippen LogP contribution in [0.4, 0.5) is 0 Å². The maximum absolute atomic E-state index is 11.8. The summed E-state index contributed by atoms with van der Waals surface area (Å²) in [5.41, 5.74) is 1.73. The minimum absolute atomic E-state index is 0.0445. The van der Waals surface area contributed by atoms with E-state index in [1.807, 2.05) is 19.1 Å². The lowest BCUT2D eigenvalue weighted by molar-refractivity contribution is -0.121. The molecule has 1 heterocycles. The summed E-state index contributed by atoms with van der Waals surface area (Å²) in [4.78, 5) is 11.8. The van der Waals surface area contributed by atoms with Crippen molar-refractivity contribution in [1.82, 2.24) is 15.5 Å². The van der Waals surface area contributed by atoms with E-state index >= 15 is 0 Å². The van der Waals surface area contributed by atoms with Gasteiger partial charge in [-0.25, -0.2) is 0 Å². The Morgan fingerprint density at radius 1 is 1.47 bits per heavy atom. The van der Waals surface area contributed by atoms with Gasteiger partial charge in [0.25, 0.3) is 0 Å². The standard InChI is InChI=1S/C14H17N3O2/c1-10(12-8-15-16-9-12)17-14(19)7-6-11-4-2-3-5-13(11)18/h2-5,8-10,18H,6-7H2,1H3,(H,15,16)(H,17,19). The van der Waals surface area contributed by atoms with Crippen molar-refractivity contribution >= 4 is 5.91 Å². The van der Waals surface area contributed by atoms with Crippen LogP contribution < -0.4 is 5.32 Å². The molecule has 5 nitrogen and oxygen atoms in total. The lowest BCUT2D eigenvalue weighted by atomic mass is 10.1. The number of aromatic hydroxyl groups is 1. The van der Waals surface area contributed by atoms with E-state index in [2.05, 4.69) is 15.5 Å². The Hall–Kier alpha value is -2.30. The summed E-state index contributed by atoms with van der Waals surface area (Å²) in [6, 6.07) is 6.99. The van der Waals surface area contributed by atoms with Crippen LogP contribution in [0.5, 0.6) is 5.75 Å². The van der Waals surface area contributed by atoms with Crippen molar-refractivity contribution in [2.24, 2.45) is 0 Å². The molecule has 19 heavy (non-hydrogen) atoms. The lowest BCUT2D eigenvalue weighted by Gasteiger charge is -2.12. The number of aryl methyl sites for hydroxylation is 1. The summed E-state index contributed by atoms with van der Waals surface area (Å²) in [5.74, 6) is 0.190. The molecule has 100 valence electrons. The van der Waals surface area contributed by atoms with Gasteiger partial charge < -0.3 is 10.4 Å². The van der Waals surface area contributed by atoms with E-state index in [1.165, 1.54) is 0 Å². The largest absolute Gasteiger partial charge is 0.508 e. The molecule has 0 radical (unpaired) electrons. The van der Waals surface area contributed by atoms with Crippen LogP contribution in [0.1, 0.15) is 30.5 Å². The molecule has 0 aliphatic rings. The van der Waals surface area contributed by atoms with Crippen molar-refractivity contribution in [3.05, 3.63) is 47.8 Å². The number of phenolic OH excluding ortho intramolecular Hbond substituents is 1. The van der Waals surface area contributed by atoms with Gasteiger partial charge in [-0.2, -0.15) is 5.10 Å². The molecule has 0 saturated carbocycles. The van der Waals surface area contributed by atoms with Gasteiger partial charge in [-0.3, -0.25) is 9.89 Å². The highest BCUT2D eigenvalue weighted by Gasteiger charge is 2.11. The van der Waals surface area contributed by atoms with E-state index in [0.717, 1.165) is 11.1 Å². The van der Waals surface area contributed by atoms with Crippen LogP contribution in [0.3, 0.4) is 0 Å². The molecule has 0 aliphatic heterocycles. The quantitative estimate of drug-likeness (QED) is 0.767. The third kappa shape index (κ3) is 3.58. The molecule has 1 aromatic carbocycles. The average Bonchev–Trinajstić information content (AvgIpc) is 2.91. The minimum atomic E-state index is -0.0735. The van der Waals surface area contributed by atoms with E-state index < -0.39 is 0 Å². The van der Waals surface area contributed by atoms with Crippen LogP contribution >= 0.6 is 0 Å². The average molecular weight is 259 g/mol. The van der Waals surface area contributed by atoms with Gasteiger partial charge in [-0.05, 0) is 25.0 Å². The Labute approximate surface area is 111 Å². The molecule has 3 N–H and O–H groups in total. The summed E-state index contributed by atoms with van der Waals surface area (Å²) < 4.78 is 0. The normalized spacial score (nSPS) is 12.1. The number of nitrogens with zero attached hydrogens (tertiary/aromatic N) is 1. The Kier molecular flexibility index (Phi) is 4.18. The number of hydrogen-bond donors (Lipinski definition) is 3. The molecular formula is C14H17N3O2. The molecule has 2 aromatic rings. The molecule has 0 fully saturated rings. The molecule has 0 bridgehead atoms. The summed E-state index contributed by atoms with van der Waals surface area (Å²) in [5, 5.41) is 19.1. The number of aromatic amines is 1. The van der Waals surface area contributed by atoms with Gasteiger partial charge in [-0.15, -0.1) is 0 Å². The van der Waals surface area contributed by atoms with Gasteiger partial charge >= 0.3 is 0 Å². The van der Waals surface area contributed by atoms with E-state index in [4.69, 9.17) is 0 Å². The fourth-order valence-corrected chi connectivity index (χ4v) is 1.87.